The number of carbonyl (C=O) groups is 1. The van der Waals surface area contributed by atoms with E-state index in [1.165, 1.54) is 12.0 Å². The molecule has 2 aromatic rings. The fourth-order valence-corrected chi connectivity index (χ4v) is 3.84. The maximum absolute atomic E-state index is 12.5. The van der Waals surface area contributed by atoms with E-state index >= 15 is 0 Å². The first-order chi connectivity index (χ1) is 13.3. The Morgan fingerprint density at radius 1 is 0.815 bits per heavy atom. The van der Waals surface area contributed by atoms with E-state index in [1.54, 1.807) is 0 Å². The number of piperazine rings is 1. The minimum Gasteiger partial charge on any atom is -0.353 e. The lowest BCUT2D eigenvalue weighted by Gasteiger charge is -2.35. The largest absolute Gasteiger partial charge is 0.353 e. The number of likely N-dealkylation sites (tertiary alicyclic amines) is 1. The predicted octanol–water partition coefficient (Wildman–Crippen LogP) is 2.42. The van der Waals surface area contributed by atoms with Crippen LogP contribution in [0.5, 0.6) is 0 Å². The normalized spacial score (nSPS) is 18.5. The molecular weight excluding hydrogens is 338 g/mol. The highest BCUT2D eigenvalue weighted by Gasteiger charge is 2.22. The molecule has 0 aliphatic carbocycles. The van der Waals surface area contributed by atoms with Crippen molar-refractivity contribution in [2.24, 2.45) is 0 Å². The van der Waals surface area contributed by atoms with Crippen molar-refractivity contribution in [3.8, 4) is 0 Å². The van der Waals surface area contributed by atoms with E-state index in [9.17, 15) is 4.79 Å². The van der Waals surface area contributed by atoms with Crippen LogP contribution < -0.4 is 4.90 Å². The summed E-state index contributed by atoms with van der Waals surface area (Å²) in [6.45, 7) is 6.54. The van der Waals surface area contributed by atoms with Crippen molar-refractivity contribution in [2.45, 2.75) is 25.8 Å². The molecule has 0 saturated carbocycles. The van der Waals surface area contributed by atoms with Crippen LogP contribution in [0.15, 0.2) is 42.5 Å². The van der Waals surface area contributed by atoms with Crippen molar-refractivity contribution in [1.29, 1.82) is 0 Å². The van der Waals surface area contributed by atoms with Crippen LogP contribution in [0.3, 0.4) is 0 Å². The molecular formula is C21H27N5O. The molecule has 0 radical (unpaired) electrons. The topological polar surface area (TPSA) is 52.6 Å². The number of anilines is 1. The van der Waals surface area contributed by atoms with Gasteiger partial charge in [-0.3, -0.25) is 9.69 Å². The fourth-order valence-electron chi connectivity index (χ4n) is 3.84. The lowest BCUT2D eigenvalue weighted by Crippen LogP contribution is -2.46. The van der Waals surface area contributed by atoms with Gasteiger partial charge in [-0.2, -0.15) is 0 Å². The Hall–Kier alpha value is -2.47. The van der Waals surface area contributed by atoms with Crippen LogP contribution in [0.2, 0.25) is 0 Å². The summed E-state index contributed by atoms with van der Waals surface area (Å²) in [5.41, 5.74) is 1.81. The average Bonchev–Trinajstić information content (AvgIpc) is 2.75. The fraction of sp³-hybridized carbons (Fsp3) is 0.476. The van der Waals surface area contributed by atoms with Gasteiger partial charge in [-0.1, -0.05) is 30.3 Å². The molecule has 142 valence electrons. The van der Waals surface area contributed by atoms with Gasteiger partial charge in [0.2, 0.25) is 0 Å². The van der Waals surface area contributed by atoms with Crippen molar-refractivity contribution in [3.63, 3.8) is 0 Å². The standard InChI is InChI=1S/C21H27N5O/c27-21(26-11-5-2-6-12-26)19-9-10-20(23-22-19)25-15-13-24(14-16-25)17-18-7-3-1-4-8-18/h1,3-4,7-10H,2,5-6,11-17H2. The zero-order chi connectivity index (χ0) is 18.5. The number of aromatic nitrogens is 2. The molecule has 1 amide bonds. The molecule has 0 bridgehead atoms. The van der Waals surface area contributed by atoms with Gasteiger partial charge < -0.3 is 9.80 Å². The van der Waals surface area contributed by atoms with E-state index in [4.69, 9.17) is 0 Å². The zero-order valence-electron chi connectivity index (χ0n) is 15.8. The van der Waals surface area contributed by atoms with Crippen LogP contribution in [-0.4, -0.2) is 65.2 Å². The lowest BCUT2D eigenvalue weighted by atomic mass is 10.1. The molecule has 1 aromatic carbocycles. The summed E-state index contributed by atoms with van der Waals surface area (Å²) in [7, 11) is 0. The Balaban J connectivity index is 1.31. The van der Waals surface area contributed by atoms with Gasteiger partial charge in [0, 0.05) is 45.8 Å². The number of benzene rings is 1. The third-order valence-electron chi connectivity index (χ3n) is 5.46. The number of piperidine rings is 1. The summed E-state index contributed by atoms with van der Waals surface area (Å²) < 4.78 is 0. The van der Waals surface area contributed by atoms with Crippen LogP contribution in [0.1, 0.15) is 35.3 Å². The van der Waals surface area contributed by atoms with E-state index in [0.29, 0.717) is 5.69 Å². The number of rotatable bonds is 4. The van der Waals surface area contributed by atoms with E-state index in [1.807, 2.05) is 17.0 Å². The summed E-state index contributed by atoms with van der Waals surface area (Å²) in [5.74, 6) is 0.881. The highest BCUT2D eigenvalue weighted by Crippen LogP contribution is 2.16. The molecule has 6 heteroatoms. The quantitative estimate of drug-likeness (QED) is 0.833. The first-order valence-electron chi connectivity index (χ1n) is 9.94. The molecule has 2 fully saturated rings. The lowest BCUT2D eigenvalue weighted by molar-refractivity contribution is 0.0717. The van der Waals surface area contributed by atoms with Gasteiger partial charge in [0.25, 0.3) is 5.91 Å². The van der Waals surface area contributed by atoms with Gasteiger partial charge >= 0.3 is 0 Å². The number of nitrogens with zero attached hydrogens (tertiary/aromatic N) is 5. The molecule has 2 aliphatic heterocycles. The first-order valence-corrected chi connectivity index (χ1v) is 9.94. The third kappa shape index (κ3) is 4.45. The zero-order valence-corrected chi connectivity index (χ0v) is 15.8. The number of hydrogen-bond donors (Lipinski definition) is 0. The molecule has 3 heterocycles. The Morgan fingerprint density at radius 3 is 2.22 bits per heavy atom. The van der Waals surface area contributed by atoms with Crippen LogP contribution in [0, 0.1) is 0 Å². The molecule has 27 heavy (non-hydrogen) atoms. The van der Waals surface area contributed by atoms with E-state index in [0.717, 1.165) is 64.5 Å². The molecule has 0 atom stereocenters. The van der Waals surface area contributed by atoms with Gasteiger partial charge in [-0.15, -0.1) is 10.2 Å². The van der Waals surface area contributed by atoms with Crippen molar-refractivity contribution in [2.75, 3.05) is 44.2 Å². The predicted molar refractivity (Wildman–Crippen MR) is 106 cm³/mol. The van der Waals surface area contributed by atoms with Crippen molar-refractivity contribution in [3.05, 3.63) is 53.7 Å². The molecule has 0 unspecified atom stereocenters. The van der Waals surface area contributed by atoms with E-state index < -0.39 is 0 Å². The Labute approximate surface area is 160 Å². The Morgan fingerprint density at radius 2 is 1.56 bits per heavy atom. The van der Waals surface area contributed by atoms with Gasteiger partial charge in [0.15, 0.2) is 11.5 Å². The third-order valence-corrected chi connectivity index (χ3v) is 5.46. The summed E-state index contributed by atoms with van der Waals surface area (Å²) in [6, 6.07) is 14.4. The van der Waals surface area contributed by atoms with Gasteiger partial charge in [0.1, 0.15) is 0 Å². The maximum atomic E-state index is 12.5. The second kappa shape index (κ2) is 8.48. The van der Waals surface area contributed by atoms with Crippen molar-refractivity contribution in [1.82, 2.24) is 20.0 Å². The summed E-state index contributed by atoms with van der Waals surface area (Å²) in [5, 5.41) is 8.56. The van der Waals surface area contributed by atoms with Gasteiger partial charge in [-0.05, 0) is 37.0 Å². The molecule has 0 spiro atoms. The summed E-state index contributed by atoms with van der Waals surface area (Å²) >= 11 is 0. The minimum absolute atomic E-state index is 0.0152. The molecule has 6 nitrogen and oxygen atoms in total. The van der Waals surface area contributed by atoms with Crippen LogP contribution in [0.25, 0.3) is 0 Å². The second-order valence-electron chi connectivity index (χ2n) is 7.38. The van der Waals surface area contributed by atoms with Crippen LogP contribution in [0.4, 0.5) is 5.82 Å². The molecule has 4 rings (SSSR count). The smallest absolute Gasteiger partial charge is 0.274 e. The summed E-state index contributed by atoms with van der Waals surface area (Å²) in [4.78, 5) is 19.1. The van der Waals surface area contributed by atoms with E-state index in [2.05, 4.69) is 50.3 Å². The maximum Gasteiger partial charge on any atom is 0.274 e. The molecule has 0 N–H and O–H groups in total. The highest BCUT2D eigenvalue weighted by molar-refractivity contribution is 5.92. The number of hydrogen-bond acceptors (Lipinski definition) is 5. The monoisotopic (exact) mass is 365 g/mol. The average molecular weight is 365 g/mol. The number of carbonyl (C=O) groups excluding carboxylic acids is 1. The van der Waals surface area contributed by atoms with E-state index in [-0.39, 0.29) is 5.91 Å². The SMILES string of the molecule is O=C(c1ccc(N2CCN(Cc3ccccc3)CC2)nn1)N1CCCCC1. The summed E-state index contributed by atoms with van der Waals surface area (Å²) in [6.07, 6.45) is 3.39. The van der Waals surface area contributed by atoms with Gasteiger partial charge in [0.05, 0.1) is 0 Å². The molecule has 1 aromatic heterocycles. The number of amides is 1. The second-order valence-corrected chi connectivity index (χ2v) is 7.38. The van der Waals surface area contributed by atoms with Crippen molar-refractivity contribution < 1.29 is 4.79 Å². The molecule has 2 aliphatic rings. The Bertz CT molecular complexity index is 735. The first kappa shape index (κ1) is 17.9. The highest BCUT2D eigenvalue weighted by atomic mass is 16.2. The molecule has 2 saturated heterocycles. The van der Waals surface area contributed by atoms with Crippen molar-refractivity contribution >= 4 is 11.7 Å². The minimum atomic E-state index is 0.0152. The van der Waals surface area contributed by atoms with Crippen LogP contribution >= 0.6 is 0 Å². The van der Waals surface area contributed by atoms with Gasteiger partial charge in [-0.25, -0.2) is 0 Å². The van der Waals surface area contributed by atoms with Crippen LogP contribution in [-0.2, 0) is 6.54 Å². The Kier molecular flexibility index (Phi) is 5.63.